The molecule has 0 saturated carbocycles. The van der Waals surface area contributed by atoms with Gasteiger partial charge in [0.05, 0.1) is 20.8 Å². The normalized spacial score (nSPS) is 18.5. The zero-order chi connectivity index (χ0) is 37.6. The zero-order valence-electron chi connectivity index (χ0n) is 31.6. The zero-order valence-corrected chi connectivity index (χ0v) is 31.6. The molecule has 55 heavy (non-hydrogen) atoms. The fourth-order valence-corrected chi connectivity index (χ4v) is 7.54. The number of hydrogen-bond acceptors (Lipinski definition) is 9. The van der Waals surface area contributed by atoms with Crippen molar-refractivity contribution in [3.8, 4) is 34.5 Å². The first kappa shape index (κ1) is 36.3. The topological polar surface area (TPSA) is 83.1 Å². The van der Waals surface area contributed by atoms with Gasteiger partial charge in [-0.05, 0) is 149 Å². The highest BCUT2D eigenvalue weighted by molar-refractivity contribution is 5.55. The molecular weight excluding hydrogens is 696 g/mol. The second kappa shape index (κ2) is 16.8. The van der Waals surface area contributed by atoms with Crippen molar-refractivity contribution >= 4 is 0 Å². The van der Waals surface area contributed by atoms with Crippen molar-refractivity contribution in [2.24, 2.45) is 0 Å². The van der Waals surface area contributed by atoms with Gasteiger partial charge in [-0.25, -0.2) is 0 Å². The Morgan fingerprint density at radius 1 is 0.527 bits per heavy atom. The lowest BCUT2D eigenvalue weighted by atomic mass is 9.93. The molecule has 0 unspecified atom stereocenters. The Labute approximate surface area is 322 Å². The van der Waals surface area contributed by atoms with Crippen molar-refractivity contribution in [3.63, 3.8) is 0 Å². The van der Waals surface area contributed by atoms with Gasteiger partial charge in [-0.2, -0.15) is 0 Å². The van der Waals surface area contributed by atoms with Crippen LogP contribution in [0.25, 0.3) is 0 Å². The lowest BCUT2D eigenvalue weighted by Crippen LogP contribution is -2.09. The first-order valence-corrected chi connectivity index (χ1v) is 18.6. The van der Waals surface area contributed by atoms with Gasteiger partial charge in [0.25, 0.3) is 0 Å². The predicted molar refractivity (Wildman–Crippen MR) is 209 cm³/mol. The third kappa shape index (κ3) is 8.53. The molecule has 4 aliphatic heterocycles. The molecule has 13 bridgehead atoms. The highest BCUT2D eigenvalue weighted by atomic mass is 16.7. The van der Waals surface area contributed by atoms with Crippen molar-refractivity contribution in [1.29, 1.82) is 0 Å². The number of ether oxygens (including phenoxy) is 9. The average molecular weight is 743 g/mol. The molecule has 10 rings (SSSR count). The van der Waals surface area contributed by atoms with Gasteiger partial charge in [-0.15, -0.1) is 0 Å². The standard InChI is InChI=1S/C46H46O9/c1-47-26-42-17-31-7-9-34-22-45-44(49-3)24-38(34)19-39-25-46(43(48-2)23-35(39)16-31)55-29-53-41-13-11-33-15-30(5-4-14-50-27-51-42)6-8-32-10-12-40(52-28-54-45)20-36(32)18-37(33)21-41/h4-7,10-13,17,20-25H,8-9,14-16,18-19,26-29H2,1-3H3/b5-4?,30-6+,31-7-,42-17?. The van der Waals surface area contributed by atoms with E-state index in [0.717, 1.165) is 52.2 Å². The number of fused-ring (bicyclic) bond motifs is 9. The fourth-order valence-electron chi connectivity index (χ4n) is 7.54. The Morgan fingerprint density at radius 2 is 1.11 bits per heavy atom. The SMILES string of the molecule is COCC1=C/C2=C\Cc3cc4c(OC)cc3Cc3cc(c(OC)cc3C2)OCOc2ccc3c(c2)Cc2cc(ccc2C/C=C(\C=CCOCO1)C3)OCO4. The molecule has 0 atom stereocenters. The molecule has 6 aliphatic rings. The first-order valence-electron chi connectivity index (χ1n) is 18.6. The second-order valence-corrected chi connectivity index (χ2v) is 14.0. The molecule has 0 spiro atoms. The highest BCUT2D eigenvalue weighted by Gasteiger charge is 2.21. The van der Waals surface area contributed by atoms with Crippen molar-refractivity contribution in [2.75, 3.05) is 54.9 Å². The molecule has 4 aromatic rings. The molecule has 284 valence electrons. The van der Waals surface area contributed by atoms with E-state index in [-0.39, 0.29) is 20.4 Å². The third-order valence-corrected chi connectivity index (χ3v) is 10.4. The van der Waals surface area contributed by atoms with Crippen LogP contribution in [0, 0.1) is 0 Å². The lowest BCUT2D eigenvalue weighted by molar-refractivity contribution is -0.0226. The Hall–Kier alpha value is -5.64. The van der Waals surface area contributed by atoms with Gasteiger partial charge in [0, 0.05) is 7.11 Å². The van der Waals surface area contributed by atoms with Crippen molar-refractivity contribution < 1.29 is 42.6 Å². The minimum Gasteiger partial charge on any atom is -0.493 e. The van der Waals surface area contributed by atoms with E-state index in [4.69, 9.17) is 42.6 Å². The van der Waals surface area contributed by atoms with Gasteiger partial charge in [0.15, 0.2) is 29.8 Å². The summed E-state index contributed by atoms with van der Waals surface area (Å²) >= 11 is 0. The molecule has 2 aliphatic carbocycles. The minimum atomic E-state index is 0.00706. The van der Waals surface area contributed by atoms with E-state index in [2.05, 4.69) is 66.8 Å². The summed E-state index contributed by atoms with van der Waals surface area (Å²) < 4.78 is 54.8. The van der Waals surface area contributed by atoms with E-state index in [0.29, 0.717) is 67.7 Å². The van der Waals surface area contributed by atoms with Crippen LogP contribution in [0.1, 0.15) is 44.5 Å². The van der Waals surface area contributed by atoms with E-state index < -0.39 is 0 Å². The van der Waals surface area contributed by atoms with E-state index in [1.807, 2.05) is 24.3 Å². The monoisotopic (exact) mass is 742 g/mol. The van der Waals surface area contributed by atoms with Crippen LogP contribution in [0.3, 0.4) is 0 Å². The summed E-state index contributed by atoms with van der Waals surface area (Å²) in [7, 11) is 4.99. The quantitative estimate of drug-likeness (QED) is 0.206. The van der Waals surface area contributed by atoms with Crippen molar-refractivity contribution in [1.82, 2.24) is 0 Å². The van der Waals surface area contributed by atoms with Gasteiger partial charge in [-0.1, -0.05) is 36.4 Å². The molecule has 0 N–H and O–H groups in total. The van der Waals surface area contributed by atoms with Crippen LogP contribution in [-0.4, -0.2) is 54.9 Å². The minimum absolute atomic E-state index is 0.00706. The molecule has 9 nitrogen and oxygen atoms in total. The van der Waals surface area contributed by atoms with E-state index >= 15 is 0 Å². The lowest BCUT2D eigenvalue weighted by Gasteiger charge is -2.19. The molecule has 0 saturated heterocycles. The summed E-state index contributed by atoms with van der Waals surface area (Å²) in [6.07, 6.45) is 14.9. The molecule has 0 amide bonds. The third-order valence-electron chi connectivity index (χ3n) is 10.4. The smallest absolute Gasteiger partial charge is 0.231 e. The van der Waals surface area contributed by atoms with Crippen molar-refractivity contribution in [3.05, 3.63) is 152 Å². The summed E-state index contributed by atoms with van der Waals surface area (Å²) in [4.78, 5) is 0. The van der Waals surface area contributed by atoms with Gasteiger partial charge >= 0.3 is 0 Å². The Morgan fingerprint density at radius 3 is 1.82 bits per heavy atom. The maximum absolute atomic E-state index is 6.37. The predicted octanol–water partition coefficient (Wildman–Crippen LogP) is 8.17. The molecule has 0 radical (unpaired) electrons. The Kier molecular flexibility index (Phi) is 11.1. The van der Waals surface area contributed by atoms with Crippen LogP contribution in [0.5, 0.6) is 34.5 Å². The van der Waals surface area contributed by atoms with Crippen LogP contribution >= 0.6 is 0 Å². The van der Waals surface area contributed by atoms with E-state index in [1.54, 1.807) is 21.3 Å². The van der Waals surface area contributed by atoms with Gasteiger partial charge < -0.3 is 42.6 Å². The number of methoxy groups -OCH3 is 3. The largest absolute Gasteiger partial charge is 0.493 e. The van der Waals surface area contributed by atoms with E-state index in [1.165, 1.54) is 27.8 Å². The number of rotatable bonds is 4. The van der Waals surface area contributed by atoms with Crippen LogP contribution in [0.15, 0.2) is 108 Å². The second-order valence-electron chi connectivity index (χ2n) is 14.0. The van der Waals surface area contributed by atoms with Crippen LogP contribution in [0.4, 0.5) is 0 Å². The fraction of sp³-hybridized carbons (Fsp3) is 0.304. The van der Waals surface area contributed by atoms with Crippen molar-refractivity contribution in [2.45, 2.75) is 38.5 Å². The number of hydrogen-bond donors (Lipinski definition) is 0. The molecular formula is C46H46O9. The summed E-state index contributed by atoms with van der Waals surface area (Å²) in [5.74, 6) is 4.59. The molecule has 4 aromatic carbocycles. The Bertz CT molecular complexity index is 2180. The average Bonchev–Trinajstić information content (AvgIpc) is 3.30. The molecule has 0 fully saturated rings. The van der Waals surface area contributed by atoms with Crippen LogP contribution in [0.2, 0.25) is 0 Å². The van der Waals surface area contributed by atoms with Gasteiger partial charge in [0.2, 0.25) is 13.6 Å². The first-order chi connectivity index (χ1) is 27.0. The van der Waals surface area contributed by atoms with E-state index in [9.17, 15) is 0 Å². The summed E-state index contributed by atoms with van der Waals surface area (Å²) in [6.45, 7) is 0.806. The molecule has 0 aromatic heterocycles. The van der Waals surface area contributed by atoms with Crippen LogP contribution in [-0.2, 0) is 52.7 Å². The van der Waals surface area contributed by atoms with Gasteiger partial charge in [0.1, 0.15) is 23.9 Å². The highest BCUT2D eigenvalue weighted by Crippen LogP contribution is 2.38. The maximum atomic E-state index is 6.37. The summed E-state index contributed by atoms with van der Waals surface area (Å²) in [5, 5.41) is 0. The summed E-state index contributed by atoms with van der Waals surface area (Å²) in [5.41, 5.74) is 11.4. The van der Waals surface area contributed by atoms with Crippen LogP contribution < -0.4 is 28.4 Å². The molecule has 9 heteroatoms. The Balaban J connectivity index is 1.31. The maximum Gasteiger partial charge on any atom is 0.231 e. The summed E-state index contributed by atoms with van der Waals surface area (Å²) in [6, 6.07) is 20.8. The van der Waals surface area contributed by atoms with Gasteiger partial charge in [-0.3, -0.25) is 0 Å². The number of allylic oxidation sites excluding steroid dienone is 6. The number of benzene rings is 4. The molecule has 4 heterocycles.